The second kappa shape index (κ2) is 10.3. The van der Waals surface area contributed by atoms with E-state index in [1.807, 2.05) is 4.90 Å². The maximum atomic E-state index is 14.3. The number of hydrogen-bond donors (Lipinski definition) is 2. The van der Waals surface area contributed by atoms with E-state index in [9.17, 15) is 18.8 Å². The van der Waals surface area contributed by atoms with Gasteiger partial charge < -0.3 is 25.0 Å². The third-order valence-electron chi connectivity index (χ3n) is 6.76. The first kappa shape index (κ1) is 24.5. The van der Waals surface area contributed by atoms with Crippen molar-refractivity contribution < 1.29 is 28.2 Å². The maximum Gasteiger partial charge on any atom is 0.342 e. The number of nitrogens with one attached hydrogen (secondary N) is 2. The Bertz CT molecular complexity index is 1110. The van der Waals surface area contributed by atoms with Crippen LogP contribution in [0.15, 0.2) is 42.5 Å². The van der Waals surface area contributed by atoms with Crippen molar-refractivity contribution in [2.75, 3.05) is 38.8 Å². The van der Waals surface area contributed by atoms with Gasteiger partial charge in [0.1, 0.15) is 22.7 Å². The molecule has 2 N–H and O–H groups in total. The number of nitrogens with zero attached hydrogens (tertiary/aromatic N) is 1. The van der Waals surface area contributed by atoms with E-state index < -0.39 is 17.3 Å². The SMILES string of the molecule is COC(=O)c1c(F)cccc1N1CCC(CNC(=O)C2(NC(=O)c3cccc(OC)c3)CC2)CC1. The van der Waals surface area contributed by atoms with Gasteiger partial charge in [0, 0.05) is 25.2 Å². The summed E-state index contributed by atoms with van der Waals surface area (Å²) in [7, 11) is 2.77. The van der Waals surface area contributed by atoms with E-state index in [0.717, 1.165) is 12.8 Å². The Morgan fingerprint density at radius 1 is 1.09 bits per heavy atom. The minimum atomic E-state index is -0.863. The Kier molecular flexibility index (Phi) is 7.23. The standard InChI is InChI=1S/C26H30FN3O5/c1-34-19-6-3-5-18(15-19)23(31)29-26(11-12-26)25(33)28-16-17-9-13-30(14-10-17)21-8-4-7-20(27)22(21)24(32)35-2/h3-8,15,17H,9-14,16H2,1-2H3,(H,28,33)(H,29,31). The fraction of sp³-hybridized carbons (Fsp3) is 0.423. The number of methoxy groups -OCH3 is 2. The molecular weight excluding hydrogens is 453 g/mol. The van der Waals surface area contributed by atoms with E-state index in [4.69, 9.17) is 9.47 Å². The molecule has 1 heterocycles. The summed E-state index contributed by atoms with van der Waals surface area (Å²) in [4.78, 5) is 39.6. The van der Waals surface area contributed by atoms with Crippen LogP contribution in [-0.4, -0.2) is 57.2 Å². The number of piperidine rings is 1. The van der Waals surface area contributed by atoms with Crippen molar-refractivity contribution in [1.82, 2.24) is 10.6 Å². The van der Waals surface area contributed by atoms with Crippen LogP contribution in [0.4, 0.5) is 10.1 Å². The average Bonchev–Trinajstić information content (AvgIpc) is 3.67. The summed E-state index contributed by atoms with van der Waals surface area (Å²) in [6.45, 7) is 1.76. The highest BCUT2D eigenvalue weighted by atomic mass is 19.1. The minimum absolute atomic E-state index is 0.0517. The Labute approximate surface area is 203 Å². The van der Waals surface area contributed by atoms with E-state index in [1.54, 1.807) is 36.4 Å². The topological polar surface area (TPSA) is 97.0 Å². The molecule has 1 aliphatic heterocycles. The first-order valence-corrected chi connectivity index (χ1v) is 11.7. The van der Waals surface area contributed by atoms with Crippen LogP contribution < -0.4 is 20.3 Å². The molecule has 2 aliphatic rings. The first-order valence-electron chi connectivity index (χ1n) is 11.7. The summed E-state index contributed by atoms with van der Waals surface area (Å²) in [5.74, 6) is -0.950. The summed E-state index contributed by atoms with van der Waals surface area (Å²) in [5.41, 5.74) is 0.0536. The molecule has 2 fully saturated rings. The average molecular weight is 484 g/mol. The van der Waals surface area contributed by atoms with Crippen LogP contribution >= 0.6 is 0 Å². The van der Waals surface area contributed by atoms with Gasteiger partial charge in [-0.2, -0.15) is 0 Å². The van der Waals surface area contributed by atoms with E-state index in [-0.39, 0.29) is 23.3 Å². The second-order valence-electron chi connectivity index (χ2n) is 9.03. The Balaban J connectivity index is 1.29. The van der Waals surface area contributed by atoms with Crippen LogP contribution in [0.5, 0.6) is 5.75 Å². The molecule has 0 aromatic heterocycles. The van der Waals surface area contributed by atoms with Crippen LogP contribution in [0, 0.1) is 11.7 Å². The molecule has 0 radical (unpaired) electrons. The molecule has 8 nitrogen and oxygen atoms in total. The predicted molar refractivity (Wildman–Crippen MR) is 128 cm³/mol. The molecule has 2 aromatic rings. The summed E-state index contributed by atoms with van der Waals surface area (Å²) in [5, 5.41) is 5.89. The monoisotopic (exact) mass is 483 g/mol. The van der Waals surface area contributed by atoms with Crippen molar-refractivity contribution in [3.8, 4) is 5.75 Å². The maximum absolute atomic E-state index is 14.3. The van der Waals surface area contributed by atoms with Gasteiger partial charge in [0.05, 0.1) is 19.9 Å². The van der Waals surface area contributed by atoms with Crippen molar-refractivity contribution in [3.05, 3.63) is 59.4 Å². The quantitative estimate of drug-likeness (QED) is 0.561. The largest absolute Gasteiger partial charge is 0.497 e. The second-order valence-corrected chi connectivity index (χ2v) is 9.03. The number of carbonyl (C=O) groups excluding carboxylic acids is 3. The van der Waals surface area contributed by atoms with E-state index in [2.05, 4.69) is 10.6 Å². The highest BCUT2D eigenvalue weighted by Gasteiger charge is 2.51. The molecule has 2 aromatic carbocycles. The van der Waals surface area contributed by atoms with Gasteiger partial charge in [-0.3, -0.25) is 9.59 Å². The number of carbonyl (C=O) groups is 3. The van der Waals surface area contributed by atoms with E-state index in [0.29, 0.717) is 49.5 Å². The van der Waals surface area contributed by atoms with Gasteiger partial charge in [0.2, 0.25) is 5.91 Å². The predicted octanol–water partition coefficient (Wildman–Crippen LogP) is 2.92. The third kappa shape index (κ3) is 5.39. The van der Waals surface area contributed by atoms with E-state index >= 15 is 0 Å². The zero-order valence-corrected chi connectivity index (χ0v) is 19.9. The molecule has 1 aliphatic carbocycles. The van der Waals surface area contributed by atoms with Gasteiger partial charge in [-0.15, -0.1) is 0 Å². The fourth-order valence-corrected chi connectivity index (χ4v) is 4.45. The third-order valence-corrected chi connectivity index (χ3v) is 6.76. The van der Waals surface area contributed by atoms with Gasteiger partial charge in [-0.1, -0.05) is 12.1 Å². The number of anilines is 1. The Morgan fingerprint density at radius 3 is 2.46 bits per heavy atom. The van der Waals surface area contributed by atoms with Crippen molar-refractivity contribution in [2.45, 2.75) is 31.2 Å². The molecule has 35 heavy (non-hydrogen) atoms. The molecule has 186 valence electrons. The summed E-state index contributed by atoms with van der Waals surface area (Å²) >= 11 is 0. The number of benzene rings is 2. The minimum Gasteiger partial charge on any atom is -0.497 e. The number of esters is 1. The highest BCUT2D eigenvalue weighted by molar-refractivity contribution is 6.01. The number of hydrogen-bond acceptors (Lipinski definition) is 6. The van der Waals surface area contributed by atoms with Crippen LogP contribution in [0.25, 0.3) is 0 Å². The highest BCUT2D eigenvalue weighted by Crippen LogP contribution is 2.36. The molecule has 1 saturated heterocycles. The number of rotatable bonds is 8. The van der Waals surface area contributed by atoms with Crippen molar-refractivity contribution in [1.29, 1.82) is 0 Å². The summed E-state index contributed by atoms with van der Waals surface area (Å²) in [6.07, 6.45) is 2.76. The summed E-state index contributed by atoms with van der Waals surface area (Å²) < 4.78 is 24.2. The first-order chi connectivity index (χ1) is 16.9. The van der Waals surface area contributed by atoms with Crippen LogP contribution in [0.1, 0.15) is 46.4 Å². The van der Waals surface area contributed by atoms with Crippen molar-refractivity contribution in [2.24, 2.45) is 5.92 Å². The van der Waals surface area contributed by atoms with Crippen LogP contribution in [0.3, 0.4) is 0 Å². The lowest BCUT2D eigenvalue weighted by molar-refractivity contribution is -0.124. The van der Waals surface area contributed by atoms with E-state index in [1.165, 1.54) is 20.3 Å². The molecule has 4 rings (SSSR count). The zero-order chi connectivity index (χ0) is 25.0. The molecule has 0 spiro atoms. The normalized spacial score (nSPS) is 16.8. The Hall–Kier alpha value is -3.62. The molecule has 0 bridgehead atoms. The van der Waals surface area contributed by atoms with Gasteiger partial charge in [0.25, 0.3) is 5.91 Å². The smallest absolute Gasteiger partial charge is 0.342 e. The van der Waals surface area contributed by atoms with Crippen molar-refractivity contribution in [3.63, 3.8) is 0 Å². The molecule has 0 atom stereocenters. The van der Waals surface area contributed by atoms with Gasteiger partial charge in [0.15, 0.2) is 0 Å². The number of amides is 2. The van der Waals surface area contributed by atoms with Crippen LogP contribution in [-0.2, 0) is 9.53 Å². The molecule has 0 unspecified atom stereocenters. The summed E-state index contributed by atoms with van der Waals surface area (Å²) in [6, 6.07) is 11.4. The number of ether oxygens (including phenoxy) is 2. The lowest BCUT2D eigenvalue weighted by Gasteiger charge is -2.34. The number of halogens is 1. The van der Waals surface area contributed by atoms with Gasteiger partial charge in [-0.05, 0) is 61.9 Å². The van der Waals surface area contributed by atoms with Crippen molar-refractivity contribution >= 4 is 23.5 Å². The zero-order valence-electron chi connectivity index (χ0n) is 19.9. The van der Waals surface area contributed by atoms with Gasteiger partial charge >= 0.3 is 5.97 Å². The molecule has 1 saturated carbocycles. The lowest BCUT2D eigenvalue weighted by atomic mass is 9.95. The molecular formula is C26H30FN3O5. The molecule has 9 heteroatoms. The van der Waals surface area contributed by atoms with Gasteiger partial charge in [-0.25, -0.2) is 9.18 Å². The van der Waals surface area contributed by atoms with Crippen LogP contribution in [0.2, 0.25) is 0 Å². The fourth-order valence-electron chi connectivity index (χ4n) is 4.45. The molecule has 2 amide bonds. The Morgan fingerprint density at radius 2 is 1.80 bits per heavy atom. The lowest BCUT2D eigenvalue weighted by Crippen LogP contribution is -2.50.